The quantitative estimate of drug-likeness (QED) is 0.761. The second-order valence-corrected chi connectivity index (χ2v) is 5.81. The summed E-state index contributed by atoms with van der Waals surface area (Å²) in [6.07, 6.45) is 5.12. The first-order valence-electron chi connectivity index (χ1n) is 7.44. The molecule has 1 aliphatic rings. The molecule has 0 unspecified atom stereocenters. The van der Waals surface area contributed by atoms with Gasteiger partial charge in [-0.1, -0.05) is 12.8 Å². The van der Waals surface area contributed by atoms with E-state index in [1.807, 2.05) is 6.07 Å². The fraction of sp³-hybridized carbons (Fsp3) is 0.688. The van der Waals surface area contributed by atoms with E-state index in [9.17, 15) is 4.79 Å². The lowest BCUT2D eigenvalue weighted by Crippen LogP contribution is -2.34. The standard InChI is InChI=1S/C16H26N2O/c1-5-18-12(2)10-15(13(18)3)16(19)11-17(4)14-8-6-7-9-14/h10,14H,5-9,11H2,1-4H3. The van der Waals surface area contributed by atoms with Gasteiger partial charge in [0, 0.05) is 29.5 Å². The van der Waals surface area contributed by atoms with E-state index >= 15 is 0 Å². The number of likely N-dealkylation sites (N-methyl/N-ethyl adjacent to an activating group) is 1. The lowest BCUT2D eigenvalue weighted by atomic mass is 10.1. The van der Waals surface area contributed by atoms with Crippen molar-refractivity contribution in [3.63, 3.8) is 0 Å². The molecule has 0 bridgehead atoms. The molecule has 0 N–H and O–H groups in total. The fourth-order valence-corrected chi connectivity index (χ4v) is 3.36. The monoisotopic (exact) mass is 262 g/mol. The maximum atomic E-state index is 12.5. The average Bonchev–Trinajstić information content (AvgIpc) is 2.97. The molecule has 1 aliphatic carbocycles. The van der Waals surface area contributed by atoms with Gasteiger partial charge in [0.1, 0.15) is 0 Å². The van der Waals surface area contributed by atoms with E-state index in [-0.39, 0.29) is 5.78 Å². The van der Waals surface area contributed by atoms with Crippen molar-refractivity contribution in [2.24, 2.45) is 0 Å². The molecule has 1 aromatic rings. The summed E-state index contributed by atoms with van der Waals surface area (Å²) in [5, 5.41) is 0. The molecule has 3 heteroatoms. The number of carbonyl (C=O) groups is 1. The minimum atomic E-state index is 0.266. The van der Waals surface area contributed by atoms with Gasteiger partial charge in [0.15, 0.2) is 5.78 Å². The summed E-state index contributed by atoms with van der Waals surface area (Å²) >= 11 is 0. The predicted octanol–water partition coefficient (Wildman–Crippen LogP) is 3.18. The van der Waals surface area contributed by atoms with Crippen LogP contribution in [0.2, 0.25) is 0 Å². The zero-order valence-corrected chi connectivity index (χ0v) is 12.7. The topological polar surface area (TPSA) is 25.2 Å². The molecule has 2 rings (SSSR count). The number of aryl methyl sites for hydroxylation is 1. The molecular formula is C16H26N2O. The molecule has 0 radical (unpaired) electrons. The van der Waals surface area contributed by atoms with Crippen LogP contribution < -0.4 is 0 Å². The first-order chi connectivity index (χ1) is 9.04. The van der Waals surface area contributed by atoms with E-state index in [2.05, 4.69) is 37.3 Å². The van der Waals surface area contributed by atoms with E-state index in [1.165, 1.54) is 31.4 Å². The first kappa shape index (κ1) is 14.3. The Balaban J connectivity index is 2.07. The molecule has 3 nitrogen and oxygen atoms in total. The Morgan fingerprint density at radius 3 is 2.53 bits per heavy atom. The molecule has 0 amide bonds. The third kappa shape index (κ3) is 2.92. The highest BCUT2D eigenvalue weighted by Crippen LogP contribution is 2.23. The number of aromatic nitrogens is 1. The maximum absolute atomic E-state index is 12.5. The smallest absolute Gasteiger partial charge is 0.178 e. The highest BCUT2D eigenvalue weighted by molar-refractivity contribution is 5.99. The van der Waals surface area contributed by atoms with Gasteiger partial charge in [-0.2, -0.15) is 0 Å². The summed E-state index contributed by atoms with van der Waals surface area (Å²) in [7, 11) is 2.09. The van der Waals surface area contributed by atoms with Gasteiger partial charge in [-0.25, -0.2) is 0 Å². The first-order valence-corrected chi connectivity index (χ1v) is 7.44. The van der Waals surface area contributed by atoms with Crippen molar-refractivity contribution in [2.45, 2.75) is 59.0 Å². The van der Waals surface area contributed by atoms with E-state index in [0.29, 0.717) is 12.6 Å². The molecule has 106 valence electrons. The molecule has 1 aromatic heterocycles. The van der Waals surface area contributed by atoms with Crippen LogP contribution >= 0.6 is 0 Å². The van der Waals surface area contributed by atoms with Gasteiger partial charge in [-0.15, -0.1) is 0 Å². The zero-order chi connectivity index (χ0) is 14.0. The van der Waals surface area contributed by atoms with Crippen LogP contribution in [0.5, 0.6) is 0 Å². The van der Waals surface area contributed by atoms with Crippen LogP contribution in [-0.4, -0.2) is 34.9 Å². The van der Waals surface area contributed by atoms with Crippen LogP contribution in [-0.2, 0) is 6.54 Å². The van der Waals surface area contributed by atoms with Crippen LogP contribution in [0.15, 0.2) is 6.07 Å². The van der Waals surface area contributed by atoms with Crippen LogP contribution in [0, 0.1) is 13.8 Å². The Morgan fingerprint density at radius 2 is 2.00 bits per heavy atom. The summed E-state index contributed by atoms with van der Waals surface area (Å²) in [6.45, 7) is 7.74. The average molecular weight is 262 g/mol. The lowest BCUT2D eigenvalue weighted by molar-refractivity contribution is 0.0920. The largest absolute Gasteiger partial charge is 0.349 e. The summed E-state index contributed by atoms with van der Waals surface area (Å²) in [5.41, 5.74) is 3.21. The Morgan fingerprint density at radius 1 is 1.37 bits per heavy atom. The Hall–Kier alpha value is -1.09. The van der Waals surface area contributed by atoms with E-state index in [1.54, 1.807) is 0 Å². The Kier molecular flexibility index (Phi) is 4.46. The SMILES string of the molecule is CCn1c(C)cc(C(=O)CN(C)C2CCCC2)c1C. The summed E-state index contributed by atoms with van der Waals surface area (Å²) in [5.74, 6) is 0.266. The van der Waals surface area contributed by atoms with Gasteiger partial charge in [0.2, 0.25) is 0 Å². The molecule has 0 atom stereocenters. The number of hydrogen-bond acceptors (Lipinski definition) is 2. The van der Waals surface area contributed by atoms with Crippen LogP contribution in [0.4, 0.5) is 0 Å². The van der Waals surface area contributed by atoms with E-state index in [0.717, 1.165) is 17.8 Å². The maximum Gasteiger partial charge on any atom is 0.178 e. The second kappa shape index (κ2) is 5.91. The fourth-order valence-electron chi connectivity index (χ4n) is 3.36. The number of ketones is 1. The van der Waals surface area contributed by atoms with Crippen molar-refractivity contribution in [2.75, 3.05) is 13.6 Å². The summed E-state index contributed by atoms with van der Waals surface area (Å²) in [6, 6.07) is 2.66. The number of hydrogen-bond donors (Lipinski definition) is 0. The second-order valence-electron chi connectivity index (χ2n) is 5.81. The van der Waals surface area contributed by atoms with Gasteiger partial charge in [0.25, 0.3) is 0 Å². The molecule has 1 saturated carbocycles. The molecule has 1 heterocycles. The molecule has 0 saturated heterocycles. The summed E-state index contributed by atoms with van der Waals surface area (Å²) < 4.78 is 2.21. The van der Waals surface area contributed by atoms with E-state index in [4.69, 9.17) is 0 Å². The normalized spacial score (nSPS) is 16.5. The van der Waals surface area contributed by atoms with Crippen molar-refractivity contribution in [3.05, 3.63) is 23.0 Å². The highest BCUT2D eigenvalue weighted by atomic mass is 16.1. The molecule has 0 aliphatic heterocycles. The van der Waals surface area contributed by atoms with Crippen LogP contribution in [0.3, 0.4) is 0 Å². The Bertz CT molecular complexity index is 456. The zero-order valence-electron chi connectivity index (χ0n) is 12.7. The number of rotatable bonds is 5. The van der Waals surface area contributed by atoms with Crippen LogP contribution in [0.25, 0.3) is 0 Å². The Labute approximate surface area is 116 Å². The van der Waals surface area contributed by atoms with Crippen LogP contribution in [0.1, 0.15) is 54.4 Å². The minimum absolute atomic E-state index is 0.266. The highest BCUT2D eigenvalue weighted by Gasteiger charge is 2.23. The van der Waals surface area contributed by atoms with Crippen molar-refractivity contribution in [1.82, 2.24) is 9.47 Å². The lowest BCUT2D eigenvalue weighted by Gasteiger charge is -2.23. The van der Waals surface area contributed by atoms with Crippen molar-refractivity contribution in [1.29, 1.82) is 0 Å². The van der Waals surface area contributed by atoms with Gasteiger partial charge in [0.05, 0.1) is 6.54 Å². The molecule has 19 heavy (non-hydrogen) atoms. The van der Waals surface area contributed by atoms with Gasteiger partial charge >= 0.3 is 0 Å². The third-order valence-electron chi connectivity index (χ3n) is 4.53. The third-order valence-corrected chi connectivity index (χ3v) is 4.53. The van der Waals surface area contributed by atoms with Crippen molar-refractivity contribution in [3.8, 4) is 0 Å². The van der Waals surface area contributed by atoms with Crippen molar-refractivity contribution < 1.29 is 4.79 Å². The van der Waals surface area contributed by atoms with Gasteiger partial charge in [-0.3, -0.25) is 9.69 Å². The molecule has 0 spiro atoms. The van der Waals surface area contributed by atoms with Gasteiger partial charge < -0.3 is 4.57 Å². The number of nitrogens with zero attached hydrogens (tertiary/aromatic N) is 2. The number of carbonyl (C=O) groups excluding carboxylic acids is 1. The van der Waals surface area contributed by atoms with Gasteiger partial charge in [-0.05, 0) is 46.7 Å². The summed E-state index contributed by atoms with van der Waals surface area (Å²) in [4.78, 5) is 14.7. The predicted molar refractivity (Wildman–Crippen MR) is 78.8 cm³/mol. The number of Topliss-reactive ketones (excluding diaryl/α,β-unsaturated/α-hetero) is 1. The molecule has 0 aromatic carbocycles. The molecule has 1 fully saturated rings. The van der Waals surface area contributed by atoms with E-state index < -0.39 is 0 Å². The molecular weight excluding hydrogens is 236 g/mol. The minimum Gasteiger partial charge on any atom is -0.349 e. The van der Waals surface area contributed by atoms with Crippen molar-refractivity contribution >= 4 is 5.78 Å².